The predicted molar refractivity (Wildman–Crippen MR) is 83.2 cm³/mol. The number of aromatic nitrogens is 1. The zero-order chi connectivity index (χ0) is 14.7. The summed E-state index contributed by atoms with van der Waals surface area (Å²) in [6.45, 7) is 1.28. The van der Waals surface area contributed by atoms with E-state index in [0.717, 1.165) is 9.86 Å². The third kappa shape index (κ3) is 2.91. The molecule has 1 aromatic carbocycles. The maximum atomic E-state index is 12.5. The Balaban J connectivity index is 2.51. The molecule has 0 saturated carbocycles. The van der Waals surface area contributed by atoms with Crippen LogP contribution in [-0.2, 0) is 0 Å². The fourth-order valence-corrected chi connectivity index (χ4v) is 2.47. The van der Waals surface area contributed by atoms with Crippen molar-refractivity contribution in [1.82, 2.24) is 15.2 Å². The normalized spacial score (nSPS) is 10.8. The maximum absolute atomic E-state index is 12.5. The third-order valence-electron chi connectivity index (χ3n) is 3.10. The van der Waals surface area contributed by atoms with E-state index in [-0.39, 0.29) is 11.5 Å². The van der Waals surface area contributed by atoms with Gasteiger partial charge in [0.15, 0.2) is 0 Å². The summed E-state index contributed by atoms with van der Waals surface area (Å²) in [7, 11) is 3.56. The topological polar surface area (TPSA) is 65.2 Å². The van der Waals surface area contributed by atoms with Crippen LogP contribution >= 0.6 is 15.9 Å². The Bertz CT molecular complexity index is 696. The second kappa shape index (κ2) is 6.19. The Labute approximate surface area is 125 Å². The Morgan fingerprint density at radius 1 is 1.45 bits per heavy atom. The number of H-pyrrole nitrogens is 1. The molecule has 0 aliphatic rings. The second-order valence-corrected chi connectivity index (χ2v) is 5.39. The second-order valence-electron chi connectivity index (χ2n) is 4.54. The van der Waals surface area contributed by atoms with Crippen molar-refractivity contribution in [3.05, 3.63) is 44.7 Å². The van der Waals surface area contributed by atoms with Gasteiger partial charge in [-0.25, -0.2) is 0 Å². The first-order valence-corrected chi connectivity index (χ1v) is 7.05. The zero-order valence-corrected chi connectivity index (χ0v) is 13.0. The van der Waals surface area contributed by atoms with Crippen LogP contribution in [0.4, 0.5) is 0 Å². The van der Waals surface area contributed by atoms with Gasteiger partial charge in [-0.05, 0) is 29.0 Å². The molecule has 0 atom stereocenters. The molecule has 0 saturated heterocycles. The standard InChI is InChI=1S/C14H16BrN3O2/c1-16-6-7-18(2)14(20)10-8-12(19)17-13-9(10)4-3-5-11(13)15/h3-5,8,16H,6-7H2,1-2H3,(H,17,19). The number of carbonyl (C=O) groups is 1. The molecule has 106 valence electrons. The Hall–Kier alpha value is -1.66. The Morgan fingerprint density at radius 2 is 2.20 bits per heavy atom. The number of nitrogens with one attached hydrogen (secondary N) is 2. The lowest BCUT2D eigenvalue weighted by Crippen LogP contribution is -2.33. The van der Waals surface area contributed by atoms with Crippen molar-refractivity contribution < 1.29 is 4.79 Å². The van der Waals surface area contributed by atoms with Gasteiger partial charge < -0.3 is 15.2 Å². The van der Waals surface area contributed by atoms with Crippen LogP contribution in [0.1, 0.15) is 10.4 Å². The van der Waals surface area contributed by atoms with Gasteiger partial charge in [-0.2, -0.15) is 0 Å². The van der Waals surface area contributed by atoms with Crippen LogP contribution < -0.4 is 10.9 Å². The minimum atomic E-state index is -0.283. The van der Waals surface area contributed by atoms with Crippen LogP contribution in [0.3, 0.4) is 0 Å². The van der Waals surface area contributed by atoms with Gasteiger partial charge in [-0.15, -0.1) is 0 Å². The number of hydrogen-bond acceptors (Lipinski definition) is 3. The largest absolute Gasteiger partial charge is 0.340 e. The molecular weight excluding hydrogens is 322 g/mol. The molecule has 0 aliphatic heterocycles. The molecule has 0 fully saturated rings. The molecule has 0 aliphatic carbocycles. The van der Waals surface area contributed by atoms with Crippen molar-refractivity contribution in [2.24, 2.45) is 0 Å². The van der Waals surface area contributed by atoms with E-state index in [1.54, 1.807) is 11.9 Å². The van der Waals surface area contributed by atoms with E-state index < -0.39 is 0 Å². The molecule has 0 unspecified atom stereocenters. The van der Waals surface area contributed by atoms with Gasteiger partial charge in [-0.3, -0.25) is 9.59 Å². The summed E-state index contributed by atoms with van der Waals surface area (Å²) in [5, 5.41) is 3.73. The predicted octanol–water partition coefficient (Wildman–Crippen LogP) is 1.58. The number of aromatic amines is 1. The summed E-state index contributed by atoms with van der Waals surface area (Å²) in [5.74, 6) is -0.158. The summed E-state index contributed by atoms with van der Waals surface area (Å²) in [4.78, 5) is 28.5. The summed E-state index contributed by atoms with van der Waals surface area (Å²) in [6, 6.07) is 6.86. The molecule has 0 radical (unpaired) electrons. The zero-order valence-electron chi connectivity index (χ0n) is 11.4. The average Bonchev–Trinajstić information content (AvgIpc) is 2.44. The quantitative estimate of drug-likeness (QED) is 0.890. The van der Waals surface area contributed by atoms with Crippen molar-refractivity contribution in [2.45, 2.75) is 0 Å². The summed E-state index contributed by atoms with van der Waals surface area (Å²) in [5.41, 5.74) is 0.781. The molecule has 0 bridgehead atoms. The number of carbonyl (C=O) groups excluding carboxylic acids is 1. The number of amides is 1. The minimum absolute atomic E-state index is 0.158. The van der Waals surface area contributed by atoms with Crippen molar-refractivity contribution in [2.75, 3.05) is 27.2 Å². The Morgan fingerprint density at radius 3 is 2.90 bits per heavy atom. The highest BCUT2D eigenvalue weighted by Crippen LogP contribution is 2.23. The van der Waals surface area contributed by atoms with Gasteiger partial charge in [0.1, 0.15) is 0 Å². The van der Waals surface area contributed by atoms with Gasteiger partial charge in [-0.1, -0.05) is 12.1 Å². The van der Waals surface area contributed by atoms with Crippen molar-refractivity contribution in [3.8, 4) is 0 Å². The highest BCUT2D eigenvalue weighted by molar-refractivity contribution is 9.10. The molecule has 1 amide bonds. The minimum Gasteiger partial charge on any atom is -0.340 e. The van der Waals surface area contributed by atoms with E-state index >= 15 is 0 Å². The smallest absolute Gasteiger partial charge is 0.254 e. The number of benzene rings is 1. The van der Waals surface area contributed by atoms with E-state index in [2.05, 4.69) is 26.2 Å². The van der Waals surface area contributed by atoms with Gasteiger partial charge in [0.25, 0.3) is 5.91 Å². The highest BCUT2D eigenvalue weighted by atomic mass is 79.9. The van der Waals surface area contributed by atoms with E-state index in [1.165, 1.54) is 6.07 Å². The molecule has 1 aromatic heterocycles. The number of likely N-dealkylation sites (N-methyl/N-ethyl adjacent to an activating group) is 2. The van der Waals surface area contributed by atoms with Gasteiger partial charge in [0.2, 0.25) is 5.56 Å². The first-order valence-electron chi connectivity index (χ1n) is 6.26. The van der Waals surface area contributed by atoms with Crippen LogP contribution in [0.25, 0.3) is 10.9 Å². The van der Waals surface area contributed by atoms with Gasteiger partial charge in [0, 0.05) is 36.1 Å². The SMILES string of the molecule is CNCCN(C)C(=O)c1cc(=O)[nH]c2c(Br)cccc12. The summed E-state index contributed by atoms with van der Waals surface area (Å²) in [6.07, 6.45) is 0. The van der Waals surface area contributed by atoms with Crippen LogP contribution in [0.15, 0.2) is 33.5 Å². The lowest BCUT2D eigenvalue weighted by atomic mass is 10.1. The van der Waals surface area contributed by atoms with Crippen LogP contribution in [-0.4, -0.2) is 43.0 Å². The van der Waals surface area contributed by atoms with E-state index in [1.807, 2.05) is 25.2 Å². The molecule has 2 aromatic rings. The molecule has 0 spiro atoms. The molecule has 5 nitrogen and oxygen atoms in total. The number of hydrogen-bond donors (Lipinski definition) is 2. The lowest BCUT2D eigenvalue weighted by molar-refractivity contribution is 0.0798. The fraction of sp³-hybridized carbons (Fsp3) is 0.286. The van der Waals surface area contributed by atoms with Crippen molar-refractivity contribution in [3.63, 3.8) is 0 Å². The molecule has 2 rings (SSSR count). The van der Waals surface area contributed by atoms with Crippen LogP contribution in [0.5, 0.6) is 0 Å². The first-order chi connectivity index (χ1) is 9.54. The monoisotopic (exact) mass is 337 g/mol. The van der Waals surface area contributed by atoms with Crippen molar-refractivity contribution in [1.29, 1.82) is 0 Å². The summed E-state index contributed by atoms with van der Waals surface area (Å²) < 4.78 is 0.764. The Kier molecular flexibility index (Phi) is 4.57. The number of fused-ring (bicyclic) bond motifs is 1. The van der Waals surface area contributed by atoms with Crippen LogP contribution in [0.2, 0.25) is 0 Å². The highest BCUT2D eigenvalue weighted by Gasteiger charge is 2.16. The van der Waals surface area contributed by atoms with E-state index in [9.17, 15) is 9.59 Å². The van der Waals surface area contributed by atoms with Gasteiger partial charge in [0.05, 0.1) is 11.1 Å². The number of nitrogens with zero attached hydrogens (tertiary/aromatic N) is 1. The van der Waals surface area contributed by atoms with E-state index in [4.69, 9.17) is 0 Å². The van der Waals surface area contributed by atoms with Crippen molar-refractivity contribution >= 4 is 32.7 Å². The molecule has 20 heavy (non-hydrogen) atoms. The van der Waals surface area contributed by atoms with Crippen LogP contribution in [0, 0.1) is 0 Å². The van der Waals surface area contributed by atoms with Gasteiger partial charge >= 0.3 is 0 Å². The molecule has 2 N–H and O–H groups in total. The number of rotatable bonds is 4. The molecular formula is C14H16BrN3O2. The fourth-order valence-electron chi connectivity index (χ4n) is 2.01. The molecule has 1 heterocycles. The maximum Gasteiger partial charge on any atom is 0.254 e. The first kappa shape index (κ1) is 14.7. The lowest BCUT2D eigenvalue weighted by Gasteiger charge is -2.18. The number of halogens is 1. The average molecular weight is 338 g/mol. The third-order valence-corrected chi connectivity index (χ3v) is 3.76. The summed E-state index contributed by atoms with van der Waals surface area (Å²) >= 11 is 3.39. The molecule has 6 heteroatoms. The number of pyridine rings is 1. The number of para-hydroxylation sites is 1. The van der Waals surface area contributed by atoms with E-state index in [0.29, 0.717) is 24.2 Å².